The molecule has 0 aromatic heterocycles. The van der Waals surface area contributed by atoms with Crippen molar-refractivity contribution < 1.29 is 9.53 Å². The molecule has 0 saturated heterocycles. The zero-order chi connectivity index (χ0) is 8.69. The van der Waals surface area contributed by atoms with Crippen LogP contribution in [-0.4, -0.2) is 18.7 Å². The second kappa shape index (κ2) is 5.28. The summed E-state index contributed by atoms with van der Waals surface area (Å²) in [5.74, 6) is -0.298. The van der Waals surface area contributed by atoms with Crippen molar-refractivity contribution in [3.05, 3.63) is 12.7 Å². The van der Waals surface area contributed by atoms with Gasteiger partial charge in [0.1, 0.15) is 0 Å². The summed E-state index contributed by atoms with van der Waals surface area (Å²) >= 11 is 0. The minimum absolute atomic E-state index is 0.249. The van der Waals surface area contributed by atoms with Crippen molar-refractivity contribution in [2.45, 2.75) is 6.42 Å². The molecule has 62 valence electrons. The van der Waals surface area contributed by atoms with E-state index in [0.717, 1.165) is 0 Å². The first-order valence-electron chi connectivity index (χ1n) is 3.04. The first-order valence-corrected chi connectivity index (χ1v) is 3.04. The molecule has 0 aromatic carbocycles. The number of carbonyl (C=O) groups excluding carboxylic acids is 1. The molecule has 0 aliphatic heterocycles. The lowest BCUT2D eigenvalue weighted by molar-refractivity contribution is 0.159. The van der Waals surface area contributed by atoms with Crippen LogP contribution in [0.1, 0.15) is 6.42 Å². The molecule has 0 unspecified atom stereocenters. The summed E-state index contributed by atoms with van der Waals surface area (Å²) in [4.78, 5) is 13.7. The van der Waals surface area contributed by atoms with Gasteiger partial charge >= 0.3 is 6.09 Å². The molecule has 0 bridgehead atoms. The number of carbonyl (C=O) groups is 1. The van der Waals surface area contributed by atoms with Gasteiger partial charge in [0.15, 0.2) is 5.96 Å². The summed E-state index contributed by atoms with van der Waals surface area (Å²) < 4.78 is 4.54. The second-order valence-corrected chi connectivity index (χ2v) is 1.73. The van der Waals surface area contributed by atoms with Gasteiger partial charge in [0.05, 0.1) is 6.61 Å². The fourth-order valence-electron chi connectivity index (χ4n) is 0.367. The molecule has 0 spiro atoms. The topological polar surface area (TPSA) is 90.7 Å². The number of hydrogen-bond acceptors (Lipinski definition) is 2. The van der Waals surface area contributed by atoms with Crippen LogP contribution in [-0.2, 0) is 4.74 Å². The van der Waals surface area contributed by atoms with Crippen molar-refractivity contribution in [2.75, 3.05) is 6.61 Å². The van der Waals surface area contributed by atoms with Crippen molar-refractivity contribution in [3.63, 3.8) is 0 Å². The summed E-state index contributed by atoms with van der Waals surface area (Å²) in [5, 5.41) is 0. The van der Waals surface area contributed by atoms with Crippen molar-refractivity contribution >= 4 is 12.1 Å². The Morgan fingerprint density at radius 2 is 2.27 bits per heavy atom. The van der Waals surface area contributed by atoms with Crippen LogP contribution < -0.4 is 11.5 Å². The van der Waals surface area contributed by atoms with Gasteiger partial charge in [-0.1, -0.05) is 6.08 Å². The first-order chi connectivity index (χ1) is 5.16. The third kappa shape index (κ3) is 6.36. The van der Waals surface area contributed by atoms with Crippen LogP contribution in [0.3, 0.4) is 0 Å². The van der Waals surface area contributed by atoms with E-state index in [2.05, 4.69) is 16.3 Å². The maximum atomic E-state index is 10.5. The molecule has 0 heterocycles. The third-order valence-corrected chi connectivity index (χ3v) is 0.768. The van der Waals surface area contributed by atoms with E-state index in [1.807, 2.05) is 0 Å². The number of nitrogens with zero attached hydrogens (tertiary/aromatic N) is 1. The lowest BCUT2D eigenvalue weighted by atomic mass is 10.5. The van der Waals surface area contributed by atoms with Crippen molar-refractivity contribution in [1.82, 2.24) is 0 Å². The zero-order valence-electron chi connectivity index (χ0n) is 6.12. The van der Waals surface area contributed by atoms with Crippen LogP contribution in [0.4, 0.5) is 4.79 Å². The summed E-state index contributed by atoms with van der Waals surface area (Å²) in [7, 11) is 0. The third-order valence-electron chi connectivity index (χ3n) is 0.768. The van der Waals surface area contributed by atoms with Crippen molar-refractivity contribution in [3.8, 4) is 0 Å². The van der Waals surface area contributed by atoms with Crippen LogP contribution >= 0.6 is 0 Å². The van der Waals surface area contributed by atoms with E-state index in [4.69, 9.17) is 11.5 Å². The highest BCUT2D eigenvalue weighted by molar-refractivity contribution is 5.87. The van der Waals surface area contributed by atoms with Gasteiger partial charge in [-0.3, -0.25) is 0 Å². The van der Waals surface area contributed by atoms with Crippen molar-refractivity contribution in [1.29, 1.82) is 0 Å². The number of aliphatic imine (C=N–C) groups is 1. The number of guanidine groups is 1. The molecule has 0 saturated carbocycles. The maximum Gasteiger partial charge on any atom is 0.436 e. The van der Waals surface area contributed by atoms with Crippen LogP contribution in [0.2, 0.25) is 0 Å². The Labute approximate surface area is 64.7 Å². The molecule has 4 N–H and O–H groups in total. The fourth-order valence-corrected chi connectivity index (χ4v) is 0.367. The van der Waals surface area contributed by atoms with Gasteiger partial charge in [0, 0.05) is 0 Å². The minimum atomic E-state index is -0.771. The Morgan fingerprint density at radius 1 is 1.64 bits per heavy atom. The highest BCUT2D eigenvalue weighted by Gasteiger charge is 1.97. The normalized spacial score (nSPS) is 8.36. The van der Waals surface area contributed by atoms with Crippen LogP contribution in [0.25, 0.3) is 0 Å². The number of ether oxygens (including phenoxy) is 1. The standard InChI is InChI=1S/C6H11N3O2/c1-2-3-4-11-6(10)9-5(7)8/h2H,1,3-4H2,(H4,7,8,9,10). The van der Waals surface area contributed by atoms with E-state index in [0.29, 0.717) is 6.42 Å². The Bertz CT molecular complexity index is 173. The molecule has 0 aliphatic carbocycles. The summed E-state index contributed by atoms with van der Waals surface area (Å²) in [6.07, 6.45) is 1.45. The molecule has 0 aromatic rings. The van der Waals surface area contributed by atoms with Gasteiger partial charge in [0.2, 0.25) is 0 Å². The van der Waals surface area contributed by atoms with Crippen LogP contribution in [0.15, 0.2) is 17.6 Å². The zero-order valence-corrected chi connectivity index (χ0v) is 6.12. The van der Waals surface area contributed by atoms with Crippen LogP contribution in [0, 0.1) is 0 Å². The van der Waals surface area contributed by atoms with E-state index in [1.165, 1.54) is 0 Å². The number of rotatable bonds is 3. The molecule has 5 heteroatoms. The highest BCUT2D eigenvalue weighted by atomic mass is 16.5. The minimum Gasteiger partial charge on any atom is -0.448 e. The molecule has 5 nitrogen and oxygen atoms in total. The van der Waals surface area contributed by atoms with E-state index in [9.17, 15) is 4.79 Å². The van der Waals surface area contributed by atoms with E-state index < -0.39 is 6.09 Å². The largest absolute Gasteiger partial charge is 0.448 e. The molecule has 0 aliphatic rings. The van der Waals surface area contributed by atoms with Gasteiger partial charge in [-0.2, -0.15) is 0 Å². The molecule has 0 rings (SSSR count). The van der Waals surface area contributed by atoms with Gasteiger partial charge in [-0.25, -0.2) is 4.79 Å². The highest BCUT2D eigenvalue weighted by Crippen LogP contribution is 1.86. The summed E-state index contributed by atoms with van der Waals surface area (Å²) in [6.45, 7) is 3.69. The Hall–Kier alpha value is -1.52. The van der Waals surface area contributed by atoms with Gasteiger partial charge in [-0.15, -0.1) is 11.6 Å². The van der Waals surface area contributed by atoms with Gasteiger partial charge < -0.3 is 16.2 Å². The van der Waals surface area contributed by atoms with Gasteiger partial charge in [0.25, 0.3) is 0 Å². The fraction of sp³-hybridized carbons (Fsp3) is 0.333. The van der Waals surface area contributed by atoms with Crippen LogP contribution in [0.5, 0.6) is 0 Å². The Balaban J connectivity index is 3.53. The van der Waals surface area contributed by atoms with E-state index >= 15 is 0 Å². The lowest BCUT2D eigenvalue weighted by Gasteiger charge is -1.96. The SMILES string of the molecule is C=CCCOC(=O)N=C(N)N. The molecular weight excluding hydrogens is 146 g/mol. The quantitative estimate of drug-likeness (QED) is 0.260. The molecule has 0 fully saturated rings. The second-order valence-electron chi connectivity index (χ2n) is 1.73. The monoisotopic (exact) mass is 157 g/mol. The Morgan fingerprint density at radius 3 is 2.73 bits per heavy atom. The number of nitrogens with two attached hydrogens (primary N) is 2. The average molecular weight is 157 g/mol. The summed E-state index contributed by atoms with van der Waals surface area (Å²) in [5.41, 5.74) is 9.81. The molecule has 11 heavy (non-hydrogen) atoms. The van der Waals surface area contributed by atoms with E-state index in [1.54, 1.807) is 6.08 Å². The summed E-state index contributed by atoms with van der Waals surface area (Å²) in [6, 6.07) is 0. The molecule has 1 amide bonds. The maximum absolute atomic E-state index is 10.5. The van der Waals surface area contributed by atoms with Crippen molar-refractivity contribution in [2.24, 2.45) is 16.5 Å². The Kier molecular flexibility index (Phi) is 4.55. The number of amides is 1. The molecule has 0 atom stereocenters. The number of hydrogen-bond donors (Lipinski definition) is 2. The van der Waals surface area contributed by atoms with E-state index in [-0.39, 0.29) is 12.6 Å². The predicted molar refractivity (Wildman–Crippen MR) is 42.0 cm³/mol. The average Bonchev–Trinajstić information content (AvgIpc) is 1.86. The molecular formula is C6H11N3O2. The smallest absolute Gasteiger partial charge is 0.436 e. The first kappa shape index (κ1) is 9.48. The lowest BCUT2D eigenvalue weighted by Crippen LogP contribution is -2.24. The molecule has 0 radical (unpaired) electrons. The predicted octanol–water partition coefficient (Wildman–Crippen LogP) is -0.0275. The van der Waals surface area contributed by atoms with Gasteiger partial charge in [-0.05, 0) is 6.42 Å².